The minimum absolute atomic E-state index is 0.135. The van der Waals surface area contributed by atoms with E-state index in [1.54, 1.807) is 30.1 Å². The van der Waals surface area contributed by atoms with Gasteiger partial charge in [0.25, 0.3) is 0 Å². The fraction of sp³-hybridized carbons (Fsp3) is 0.154. The standard InChI is InChI=1S/C13H12BrFN2S/c14-11-2-1-7-17-13(11)18-8-12(16)9-3-5-10(15)6-4-9/h1-7,12H,8,16H2. The molecule has 0 saturated carbocycles. The first-order chi connectivity index (χ1) is 8.66. The number of hydrogen-bond acceptors (Lipinski definition) is 3. The highest BCUT2D eigenvalue weighted by atomic mass is 79.9. The van der Waals surface area contributed by atoms with Crippen LogP contribution in [0.3, 0.4) is 0 Å². The molecule has 0 saturated heterocycles. The summed E-state index contributed by atoms with van der Waals surface area (Å²) in [7, 11) is 0. The predicted octanol–water partition coefficient (Wildman–Crippen LogP) is 3.78. The molecule has 2 rings (SSSR count). The molecule has 94 valence electrons. The van der Waals surface area contributed by atoms with E-state index < -0.39 is 0 Å². The number of nitrogens with zero attached hydrogens (tertiary/aromatic N) is 1. The summed E-state index contributed by atoms with van der Waals surface area (Å²) in [6, 6.07) is 9.96. The maximum Gasteiger partial charge on any atom is 0.123 e. The molecule has 2 N–H and O–H groups in total. The lowest BCUT2D eigenvalue weighted by atomic mass is 10.1. The Kier molecular flexibility index (Phi) is 4.74. The molecule has 0 radical (unpaired) electrons. The molecular formula is C13H12BrFN2S. The number of benzene rings is 1. The van der Waals surface area contributed by atoms with Crippen LogP contribution in [-0.2, 0) is 0 Å². The molecule has 0 spiro atoms. The predicted molar refractivity (Wildman–Crippen MR) is 76.0 cm³/mol. The van der Waals surface area contributed by atoms with Gasteiger partial charge in [-0.1, -0.05) is 12.1 Å². The molecule has 1 heterocycles. The lowest BCUT2D eigenvalue weighted by molar-refractivity contribution is 0.626. The van der Waals surface area contributed by atoms with Gasteiger partial charge in [0, 0.05) is 22.5 Å². The van der Waals surface area contributed by atoms with Gasteiger partial charge in [0.05, 0.1) is 0 Å². The normalized spacial score (nSPS) is 12.4. The number of thioether (sulfide) groups is 1. The first kappa shape index (κ1) is 13.5. The van der Waals surface area contributed by atoms with Gasteiger partial charge in [0.2, 0.25) is 0 Å². The van der Waals surface area contributed by atoms with Crippen molar-refractivity contribution < 1.29 is 4.39 Å². The van der Waals surface area contributed by atoms with Crippen LogP contribution in [0.2, 0.25) is 0 Å². The van der Waals surface area contributed by atoms with Crippen LogP contribution in [-0.4, -0.2) is 10.7 Å². The number of hydrogen-bond donors (Lipinski definition) is 1. The summed E-state index contributed by atoms with van der Waals surface area (Å²) >= 11 is 5.02. The summed E-state index contributed by atoms with van der Waals surface area (Å²) in [6.07, 6.45) is 1.75. The van der Waals surface area contributed by atoms with Crippen LogP contribution in [0.4, 0.5) is 4.39 Å². The lowest BCUT2D eigenvalue weighted by Gasteiger charge is -2.11. The molecule has 0 aliphatic rings. The number of halogens is 2. The van der Waals surface area contributed by atoms with Gasteiger partial charge < -0.3 is 5.73 Å². The largest absolute Gasteiger partial charge is 0.323 e. The molecule has 0 aliphatic carbocycles. The van der Waals surface area contributed by atoms with E-state index in [2.05, 4.69) is 20.9 Å². The molecular weight excluding hydrogens is 315 g/mol. The number of aromatic nitrogens is 1. The Hall–Kier alpha value is -0.910. The van der Waals surface area contributed by atoms with Crippen molar-refractivity contribution in [3.05, 3.63) is 58.4 Å². The van der Waals surface area contributed by atoms with Crippen LogP contribution >= 0.6 is 27.7 Å². The zero-order chi connectivity index (χ0) is 13.0. The second kappa shape index (κ2) is 6.31. The Morgan fingerprint density at radius 3 is 2.67 bits per heavy atom. The highest BCUT2D eigenvalue weighted by Gasteiger charge is 2.08. The van der Waals surface area contributed by atoms with Crippen LogP contribution in [0, 0.1) is 5.82 Å². The Bertz CT molecular complexity index is 519. The zero-order valence-corrected chi connectivity index (χ0v) is 11.9. The third-order valence-corrected chi connectivity index (χ3v) is 4.45. The Morgan fingerprint density at radius 2 is 2.00 bits per heavy atom. The molecule has 5 heteroatoms. The van der Waals surface area contributed by atoms with Crippen molar-refractivity contribution >= 4 is 27.7 Å². The van der Waals surface area contributed by atoms with E-state index in [9.17, 15) is 4.39 Å². The molecule has 0 bridgehead atoms. The summed E-state index contributed by atoms with van der Waals surface area (Å²) in [6.45, 7) is 0. The van der Waals surface area contributed by atoms with Gasteiger partial charge in [-0.05, 0) is 45.8 Å². The Morgan fingerprint density at radius 1 is 1.28 bits per heavy atom. The summed E-state index contributed by atoms with van der Waals surface area (Å²) in [5.74, 6) is 0.451. The van der Waals surface area contributed by atoms with Gasteiger partial charge in [-0.15, -0.1) is 11.8 Å². The minimum Gasteiger partial charge on any atom is -0.323 e. The van der Waals surface area contributed by atoms with Crippen molar-refractivity contribution in [2.75, 3.05) is 5.75 Å². The van der Waals surface area contributed by atoms with Crippen LogP contribution in [0.15, 0.2) is 52.1 Å². The van der Waals surface area contributed by atoms with Crippen molar-refractivity contribution in [1.29, 1.82) is 0 Å². The van der Waals surface area contributed by atoms with E-state index in [1.165, 1.54) is 12.1 Å². The van der Waals surface area contributed by atoms with E-state index in [0.717, 1.165) is 15.1 Å². The van der Waals surface area contributed by atoms with E-state index in [1.807, 2.05) is 12.1 Å². The zero-order valence-electron chi connectivity index (χ0n) is 9.51. The van der Waals surface area contributed by atoms with Crippen molar-refractivity contribution in [3.63, 3.8) is 0 Å². The topological polar surface area (TPSA) is 38.9 Å². The van der Waals surface area contributed by atoms with Crippen molar-refractivity contribution in [2.24, 2.45) is 5.73 Å². The van der Waals surface area contributed by atoms with Gasteiger partial charge in [-0.3, -0.25) is 0 Å². The summed E-state index contributed by atoms with van der Waals surface area (Å²) in [4.78, 5) is 4.26. The monoisotopic (exact) mass is 326 g/mol. The van der Waals surface area contributed by atoms with Crippen molar-refractivity contribution in [2.45, 2.75) is 11.1 Å². The first-order valence-electron chi connectivity index (χ1n) is 5.41. The summed E-state index contributed by atoms with van der Waals surface area (Å²) in [5, 5.41) is 0.912. The smallest absolute Gasteiger partial charge is 0.123 e. The van der Waals surface area contributed by atoms with Gasteiger partial charge in [0.15, 0.2) is 0 Å². The fourth-order valence-electron chi connectivity index (χ4n) is 1.45. The fourth-order valence-corrected chi connectivity index (χ4v) is 2.92. The number of nitrogens with two attached hydrogens (primary N) is 1. The summed E-state index contributed by atoms with van der Waals surface area (Å²) in [5.41, 5.74) is 6.98. The second-order valence-corrected chi connectivity index (χ2v) is 5.62. The molecule has 0 fully saturated rings. The SMILES string of the molecule is NC(CSc1ncccc1Br)c1ccc(F)cc1. The van der Waals surface area contributed by atoms with Crippen LogP contribution < -0.4 is 5.73 Å². The van der Waals surface area contributed by atoms with E-state index in [4.69, 9.17) is 5.73 Å². The average molecular weight is 327 g/mol. The molecule has 0 aliphatic heterocycles. The molecule has 2 aromatic rings. The van der Waals surface area contributed by atoms with Crippen LogP contribution in [0.5, 0.6) is 0 Å². The quantitative estimate of drug-likeness (QED) is 0.869. The Balaban J connectivity index is 1.98. The first-order valence-corrected chi connectivity index (χ1v) is 7.19. The maximum absolute atomic E-state index is 12.8. The van der Waals surface area contributed by atoms with Crippen LogP contribution in [0.25, 0.3) is 0 Å². The van der Waals surface area contributed by atoms with Crippen molar-refractivity contribution in [1.82, 2.24) is 4.98 Å². The van der Waals surface area contributed by atoms with E-state index >= 15 is 0 Å². The molecule has 2 nitrogen and oxygen atoms in total. The lowest BCUT2D eigenvalue weighted by Crippen LogP contribution is -2.13. The average Bonchev–Trinajstić information content (AvgIpc) is 2.38. The van der Waals surface area contributed by atoms with Gasteiger partial charge in [-0.25, -0.2) is 9.37 Å². The Labute approximate surface area is 118 Å². The molecule has 18 heavy (non-hydrogen) atoms. The van der Waals surface area contributed by atoms with E-state index in [0.29, 0.717) is 5.75 Å². The molecule has 1 unspecified atom stereocenters. The van der Waals surface area contributed by atoms with Crippen molar-refractivity contribution in [3.8, 4) is 0 Å². The molecule has 1 aromatic carbocycles. The van der Waals surface area contributed by atoms with Gasteiger partial charge in [-0.2, -0.15) is 0 Å². The molecule has 1 atom stereocenters. The maximum atomic E-state index is 12.8. The minimum atomic E-state index is -0.244. The third-order valence-electron chi connectivity index (χ3n) is 2.42. The molecule has 0 amide bonds. The van der Waals surface area contributed by atoms with Gasteiger partial charge >= 0.3 is 0 Å². The second-order valence-electron chi connectivity index (χ2n) is 3.76. The third kappa shape index (κ3) is 3.54. The van der Waals surface area contributed by atoms with Gasteiger partial charge in [0.1, 0.15) is 10.8 Å². The highest BCUT2D eigenvalue weighted by Crippen LogP contribution is 2.27. The van der Waals surface area contributed by atoms with Crippen LogP contribution in [0.1, 0.15) is 11.6 Å². The summed E-state index contributed by atoms with van der Waals surface area (Å²) < 4.78 is 13.8. The highest BCUT2D eigenvalue weighted by molar-refractivity contribution is 9.10. The number of pyridine rings is 1. The molecule has 1 aromatic heterocycles. The van der Waals surface area contributed by atoms with E-state index in [-0.39, 0.29) is 11.9 Å². The number of rotatable bonds is 4.